The largest absolute Gasteiger partial charge is 0.222 e. The van der Waals surface area contributed by atoms with Gasteiger partial charge in [0.1, 0.15) is 0 Å². The minimum atomic E-state index is -4.12. The van der Waals surface area contributed by atoms with Crippen molar-refractivity contribution in [1.29, 1.82) is 0 Å². The monoisotopic (exact) mass is 474 g/mol. The van der Waals surface area contributed by atoms with Crippen LogP contribution in [0.4, 0.5) is 0 Å². The molecule has 2 aromatic carbocycles. The Morgan fingerprint density at radius 2 is 1.03 bits per heavy atom. The predicted molar refractivity (Wildman–Crippen MR) is 130 cm³/mol. The quantitative estimate of drug-likeness (QED) is 0.474. The summed E-state index contributed by atoms with van der Waals surface area (Å²) >= 11 is 0. The van der Waals surface area contributed by atoms with Crippen molar-refractivity contribution in [3.8, 4) is 0 Å². The topological polar surface area (TPSA) is 68.3 Å². The molecule has 1 unspecified atom stereocenters. The number of hydrogen-bond acceptors (Lipinski definition) is 4. The van der Waals surface area contributed by atoms with E-state index in [-0.39, 0.29) is 9.79 Å². The van der Waals surface area contributed by atoms with Gasteiger partial charge in [-0.15, -0.1) is 0 Å². The molecule has 1 aliphatic carbocycles. The first-order valence-electron chi connectivity index (χ1n) is 11.7. The van der Waals surface area contributed by atoms with Gasteiger partial charge in [-0.1, -0.05) is 93.5 Å². The van der Waals surface area contributed by atoms with Crippen molar-refractivity contribution in [2.24, 2.45) is 5.92 Å². The lowest BCUT2D eigenvalue weighted by Gasteiger charge is -2.25. The number of sulfone groups is 2. The van der Waals surface area contributed by atoms with Crippen LogP contribution >= 0.6 is 0 Å². The van der Waals surface area contributed by atoms with Crippen molar-refractivity contribution in [3.63, 3.8) is 0 Å². The molecule has 0 bridgehead atoms. The van der Waals surface area contributed by atoms with Crippen LogP contribution in [0, 0.1) is 5.92 Å². The average Bonchev–Trinajstić information content (AvgIpc) is 2.82. The highest BCUT2D eigenvalue weighted by Gasteiger charge is 2.44. The Kier molecular flexibility index (Phi) is 9.11. The molecule has 2 aromatic rings. The summed E-state index contributed by atoms with van der Waals surface area (Å²) in [6.45, 7) is 0. The van der Waals surface area contributed by atoms with Gasteiger partial charge in [-0.25, -0.2) is 16.8 Å². The molecule has 32 heavy (non-hydrogen) atoms. The van der Waals surface area contributed by atoms with Crippen LogP contribution in [0.1, 0.15) is 64.2 Å². The zero-order chi connectivity index (χ0) is 22.9. The van der Waals surface area contributed by atoms with Gasteiger partial charge in [-0.2, -0.15) is 0 Å². The van der Waals surface area contributed by atoms with Gasteiger partial charge >= 0.3 is 0 Å². The molecule has 1 atom stereocenters. The first kappa shape index (κ1) is 24.7. The van der Waals surface area contributed by atoms with E-state index in [1.807, 2.05) is 12.2 Å². The SMILES string of the molecule is O=S(=O)(c1ccccc1)C(C1/C=C/CCCCCCCCCC1)S(=O)(=O)c1ccccc1. The number of rotatable bonds is 5. The fraction of sp³-hybridized carbons (Fsp3) is 0.462. The van der Waals surface area contributed by atoms with E-state index >= 15 is 0 Å². The first-order chi connectivity index (χ1) is 15.4. The van der Waals surface area contributed by atoms with Crippen molar-refractivity contribution < 1.29 is 16.8 Å². The van der Waals surface area contributed by atoms with Gasteiger partial charge in [0.25, 0.3) is 0 Å². The zero-order valence-electron chi connectivity index (χ0n) is 18.6. The third-order valence-electron chi connectivity index (χ3n) is 6.15. The van der Waals surface area contributed by atoms with E-state index in [4.69, 9.17) is 0 Å². The summed E-state index contributed by atoms with van der Waals surface area (Å²) in [7, 11) is -8.24. The van der Waals surface area contributed by atoms with E-state index in [0.717, 1.165) is 38.5 Å². The maximum Gasteiger partial charge on any atom is 0.196 e. The Balaban J connectivity index is 2.06. The minimum Gasteiger partial charge on any atom is -0.222 e. The molecule has 4 nitrogen and oxygen atoms in total. The first-order valence-corrected chi connectivity index (χ1v) is 14.8. The lowest BCUT2D eigenvalue weighted by Crippen LogP contribution is -2.37. The smallest absolute Gasteiger partial charge is 0.196 e. The van der Waals surface area contributed by atoms with E-state index in [1.165, 1.54) is 43.5 Å². The number of hydrogen-bond donors (Lipinski definition) is 0. The van der Waals surface area contributed by atoms with Gasteiger partial charge < -0.3 is 0 Å². The fourth-order valence-electron chi connectivity index (χ4n) is 4.41. The van der Waals surface area contributed by atoms with Gasteiger partial charge in [0.05, 0.1) is 9.79 Å². The molecule has 6 heteroatoms. The molecule has 0 saturated heterocycles. The van der Waals surface area contributed by atoms with Crippen LogP contribution in [-0.2, 0) is 19.7 Å². The van der Waals surface area contributed by atoms with Crippen LogP contribution in [0.3, 0.4) is 0 Å². The third kappa shape index (κ3) is 6.32. The number of allylic oxidation sites excluding steroid dienone is 2. The molecule has 0 aliphatic heterocycles. The highest BCUT2D eigenvalue weighted by Crippen LogP contribution is 2.34. The van der Waals surface area contributed by atoms with Crippen molar-refractivity contribution in [2.45, 2.75) is 78.6 Å². The van der Waals surface area contributed by atoms with E-state index in [1.54, 1.807) is 36.4 Å². The Morgan fingerprint density at radius 1 is 0.594 bits per heavy atom. The minimum absolute atomic E-state index is 0.0563. The second-order valence-corrected chi connectivity index (χ2v) is 13.0. The Hall–Kier alpha value is -1.92. The predicted octanol–water partition coefficient (Wildman–Crippen LogP) is 6.35. The van der Waals surface area contributed by atoms with Gasteiger partial charge in [0.2, 0.25) is 0 Å². The zero-order valence-corrected chi connectivity index (χ0v) is 20.2. The molecule has 0 amide bonds. The van der Waals surface area contributed by atoms with E-state index in [2.05, 4.69) is 0 Å². The van der Waals surface area contributed by atoms with Crippen LogP contribution in [0.5, 0.6) is 0 Å². The molecule has 0 aromatic heterocycles. The second-order valence-electron chi connectivity index (χ2n) is 8.58. The lowest BCUT2D eigenvalue weighted by atomic mass is 10.0. The van der Waals surface area contributed by atoms with E-state index < -0.39 is 30.2 Å². The van der Waals surface area contributed by atoms with E-state index in [9.17, 15) is 16.8 Å². The van der Waals surface area contributed by atoms with Crippen molar-refractivity contribution in [3.05, 3.63) is 72.8 Å². The van der Waals surface area contributed by atoms with Crippen LogP contribution in [-0.4, -0.2) is 21.4 Å². The molecule has 0 heterocycles. The van der Waals surface area contributed by atoms with Crippen LogP contribution in [0.15, 0.2) is 82.6 Å². The summed E-state index contributed by atoms with van der Waals surface area (Å²) in [6, 6.07) is 16.0. The molecule has 174 valence electrons. The molecule has 0 fully saturated rings. The molecular weight excluding hydrogens is 440 g/mol. The van der Waals surface area contributed by atoms with Crippen molar-refractivity contribution >= 4 is 19.7 Å². The lowest BCUT2D eigenvalue weighted by molar-refractivity contribution is 0.504. The maximum atomic E-state index is 13.8. The molecule has 3 rings (SSSR count). The summed E-state index contributed by atoms with van der Waals surface area (Å²) in [6.07, 6.45) is 14.0. The van der Waals surface area contributed by atoms with Gasteiger partial charge in [0.15, 0.2) is 24.3 Å². The van der Waals surface area contributed by atoms with E-state index in [0.29, 0.717) is 6.42 Å². The van der Waals surface area contributed by atoms with Crippen LogP contribution in [0.2, 0.25) is 0 Å². The summed E-state index contributed by atoms with van der Waals surface area (Å²) in [5.41, 5.74) is 0. The number of benzene rings is 2. The fourth-order valence-corrected chi connectivity index (χ4v) is 9.40. The molecule has 0 saturated carbocycles. The van der Waals surface area contributed by atoms with Gasteiger partial charge in [-0.3, -0.25) is 0 Å². The van der Waals surface area contributed by atoms with Crippen molar-refractivity contribution in [1.82, 2.24) is 0 Å². The molecule has 1 aliphatic rings. The normalized spacial score (nSPS) is 20.6. The average molecular weight is 475 g/mol. The highest BCUT2D eigenvalue weighted by molar-refractivity contribution is 8.09. The molecule has 0 radical (unpaired) electrons. The summed E-state index contributed by atoms with van der Waals surface area (Å²) < 4.78 is 53.5. The Bertz CT molecular complexity index is 990. The summed E-state index contributed by atoms with van der Waals surface area (Å²) in [5.74, 6) is -0.592. The van der Waals surface area contributed by atoms with Gasteiger partial charge in [-0.05, 0) is 43.5 Å². The highest BCUT2D eigenvalue weighted by atomic mass is 32.3. The van der Waals surface area contributed by atoms with Crippen LogP contribution in [0.25, 0.3) is 0 Å². The molecule has 0 spiro atoms. The second kappa shape index (κ2) is 11.8. The maximum absolute atomic E-state index is 13.8. The van der Waals surface area contributed by atoms with Crippen LogP contribution < -0.4 is 0 Å². The van der Waals surface area contributed by atoms with Gasteiger partial charge in [0, 0.05) is 5.92 Å². The molecular formula is C26H34O4S2. The Morgan fingerprint density at radius 3 is 1.53 bits per heavy atom. The summed E-state index contributed by atoms with van der Waals surface area (Å²) in [4.78, 5) is 0.113. The standard InChI is InChI=1S/C26H34O4S2/c27-31(28,24-19-13-9-14-20-24)26(32(29,30)25-21-15-10-16-22-25)23-17-11-7-5-3-1-2-4-6-8-12-18-23/h9-11,13-17,19-23,26H,1-8,12,18H2/b17-11+. The Labute approximate surface area is 193 Å². The molecule has 0 N–H and O–H groups in total. The third-order valence-corrected chi connectivity index (χ3v) is 11.4. The summed E-state index contributed by atoms with van der Waals surface area (Å²) in [5, 5.41) is 0. The van der Waals surface area contributed by atoms with Crippen molar-refractivity contribution in [2.75, 3.05) is 0 Å².